The molecule has 2 aromatic carbocycles. The third-order valence-electron chi connectivity index (χ3n) is 8.11. The van der Waals surface area contributed by atoms with Gasteiger partial charge in [0.05, 0.1) is 24.4 Å². The monoisotopic (exact) mass is 586 g/mol. The fraction of sp³-hybridized carbons (Fsp3) is 0.303. The SMILES string of the molecule is C=C1N(CCOC)C=C(C(=O)Nc2cccc(-c3cccc(-c4cc5c(c(OC)n4)C(C)CC5)c3Cl)c2C)C(=O)N1C. The highest BCUT2D eigenvalue weighted by Crippen LogP contribution is 2.43. The number of aryl methyl sites for hydroxylation is 1. The Labute approximate surface area is 251 Å². The number of rotatable bonds is 8. The molecule has 2 aliphatic rings. The molecule has 1 N–H and O–H groups in total. The Balaban J connectivity index is 1.47. The summed E-state index contributed by atoms with van der Waals surface area (Å²) in [5.74, 6) is 0.599. The lowest BCUT2D eigenvalue weighted by atomic mass is 9.95. The summed E-state index contributed by atoms with van der Waals surface area (Å²) in [7, 11) is 4.84. The predicted molar refractivity (Wildman–Crippen MR) is 165 cm³/mol. The van der Waals surface area contributed by atoms with Gasteiger partial charge in [-0.1, -0.05) is 55.4 Å². The first-order valence-corrected chi connectivity index (χ1v) is 14.3. The van der Waals surface area contributed by atoms with Gasteiger partial charge in [-0.05, 0) is 54.5 Å². The van der Waals surface area contributed by atoms with E-state index >= 15 is 0 Å². The van der Waals surface area contributed by atoms with Crippen LogP contribution in [0.5, 0.6) is 5.88 Å². The molecule has 1 aliphatic carbocycles. The van der Waals surface area contributed by atoms with Crippen LogP contribution in [0.3, 0.4) is 0 Å². The van der Waals surface area contributed by atoms with Crippen molar-refractivity contribution in [1.82, 2.24) is 14.8 Å². The zero-order valence-electron chi connectivity index (χ0n) is 24.6. The normalized spacial score (nSPS) is 16.4. The van der Waals surface area contributed by atoms with Crippen molar-refractivity contribution in [1.29, 1.82) is 0 Å². The highest BCUT2D eigenvalue weighted by molar-refractivity contribution is 6.36. The Bertz CT molecular complexity index is 1620. The number of hydrogen-bond acceptors (Lipinski definition) is 6. The number of carbonyl (C=O) groups is 2. The predicted octanol–water partition coefficient (Wildman–Crippen LogP) is 6.15. The van der Waals surface area contributed by atoms with Gasteiger partial charge in [0.2, 0.25) is 5.88 Å². The van der Waals surface area contributed by atoms with Crippen LogP contribution in [0.1, 0.15) is 36.0 Å². The maximum atomic E-state index is 13.4. The van der Waals surface area contributed by atoms with Crippen molar-refractivity contribution >= 4 is 29.1 Å². The van der Waals surface area contributed by atoms with Crippen molar-refractivity contribution in [2.24, 2.45) is 0 Å². The third-order valence-corrected chi connectivity index (χ3v) is 8.52. The lowest BCUT2D eigenvalue weighted by molar-refractivity contribution is -0.128. The summed E-state index contributed by atoms with van der Waals surface area (Å²) in [6.45, 7) is 8.95. The van der Waals surface area contributed by atoms with Crippen molar-refractivity contribution in [3.05, 3.63) is 88.4 Å². The van der Waals surface area contributed by atoms with Crippen LogP contribution in [-0.4, -0.2) is 61.0 Å². The van der Waals surface area contributed by atoms with Crippen molar-refractivity contribution in [3.8, 4) is 28.3 Å². The average molecular weight is 587 g/mol. The number of nitrogens with zero attached hydrogens (tertiary/aromatic N) is 3. The zero-order chi connectivity index (χ0) is 30.1. The Morgan fingerprint density at radius 1 is 1.17 bits per heavy atom. The molecule has 9 heteroatoms. The summed E-state index contributed by atoms with van der Waals surface area (Å²) < 4.78 is 10.8. The van der Waals surface area contributed by atoms with Crippen LogP contribution in [0.25, 0.3) is 22.4 Å². The molecule has 1 aliphatic heterocycles. The molecule has 2 amide bonds. The third kappa shape index (κ3) is 5.28. The van der Waals surface area contributed by atoms with E-state index in [4.69, 9.17) is 26.1 Å². The number of ether oxygens (including phenoxy) is 2. The molecule has 0 fully saturated rings. The van der Waals surface area contributed by atoms with Crippen LogP contribution in [0, 0.1) is 6.92 Å². The molecule has 8 nitrogen and oxygen atoms in total. The lowest BCUT2D eigenvalue weighted by Gasteiger charge is -2.34. The van der Waals surface area contributed by atoms with Crippen LogP contribution >= 0.6 is 11.6 Å². The van der Waals surface area contributed by atoms with Gasteiger partial charge in [0.1, 0.15) is 11.4 Å². The summed E-state index contributed by atoms with van der Waals surface area (Å²) in [6.07, 6.45) is 3.58. The van der Waals surface area contributed by atoms with E-state index in [1.165, 1.54) is 22.2 Å². The number of fused-ring (bicyclic) bond motifs is 1. The van der Waals surface area contributed by atoms with E-state index in [1.807, 2.05) is 43.3 Å². The number of likely N-dealkylation sites (N-methyl/N-ethyl adjacent to an activating group) is 1. The quantitative estimate of drug-likeness (QED) is 0.319. The number of methoxy groups -OCH3 is 2. The molecule has 42 heavy (non-hydrogen) atoms. The molecule has 1 aromatic heterocycles. The molecule has 218 valence electrons. The summed E-state index contributed by atoms with van der Waals surface area (Å²) >= 11 is 7.06. The molecule has 5 rings (SSSR count). The molecule has 0 spiro atoms. The Morgan fingerprint density at radius 3 is 2.62 bits per heavy atom. The highest BCUT2D eigenvalue weighted by atomic mass is 35.5. The number of pyridine rings is 1. The van der Waals surface area contributed by atoms with E-state index in [-0.39, 0.29) is 5.57 Å². The van der Waals surface area contributed by atoms with Gasteiger partial charge in [-0.15, -0.1) is 0 Å². The van der Waals surface area contributed by atoms with Crippen molar-refractivity contribution in [3.63, 3.8) is 0 Å². The summed E-state index contributed by atoms with van der Waals surface area (Å²) in [6, 6.07) is 13.6. The minimum atomic E-state index is -0.509. The van der Waals surface area contributed by atoms with E-state index in [9.17, 15) is 9.59 Å². The standard InChI is InChI=1S/C33H35ClN4O4/c1-19-13-14-22-17-28(36-32(42-6)29(19)22)25-11-7-10-24(30(25)34)23-9-8-12-27(20(23)2)35-31(39)26-18-38(15-16-41-5)21(3)37(4)33(26)40/h7-12,17-19H,3,13-16H2,1-2,4-6H3,(H,35,39). The lowest BCUT2D eigenvalue weighted by Crippen LogP contribution is -2.43. The number of halogens is 1. The van der Waals surface area contributed by atoms with E-state index in [2.05, 4.69) is 24.9 Å². The maximum absolute atomic E-state index is 13.4. The molecular weight excluding hydrogens is 552 g/mol. The number of amides is 2. The topological polar surface area (TPSA) is 84.0 Å². The molecule has 1 unspecified atom stereocenters. The van der Waals surface area contributed by atoms with Crippen LogP contribution in [-0.2, 0) is 20.7 Å². The van der Waals surface area contributed by atoms with E-state index in [0.717, 1.165) is 40.8 Å². The van der Waals surface area contributed by atoms with Crippen molar-refractivity contribution in [2.45, 2.75) is 32.6 Å². The smallest absolute Gasteiger partial charge is 0.266 e. The maximum Gasteiger partial charge on any atom is 0.266 e. The molecule has 1 atom stereocenters. The van der Waals surface area contributed by atoms with Gasteiger partial charge in [-0.3, -0.25) is 14.5 Å². The largest absolute Gasteiger partial charge is 0.481 e. The molecule has 0 saturated carbocycles. The molecule has 2 heterocycles. The van der Waals surface area contributed by atoms with E-state index in [1.54, 1.807) is 26.2 Å². The van der Waals surface area contributed by atoms with E-state index in [0.29, 0.717) is 41.5 Å². The van der Waals surface area contributed by atoms with Gasteiger partial charge < -0.3 is 19.7 Å². The minimum Gasteiger partial charge on any atom is -0.481 e. The van der Waals surface area contributed by atoms with E-state index < -0.39 is 11.8 Å². The number of aromatic nitrogens is 1. The van der Waals surface area contributed by atoms with Gasteiger partial charge in [0.25, 0.3) is 11.8 Å². The molecule has 0 radical (unpaired) electrons. The fourth-order valence-corrected chi connectivity index (χ4v) is 5.96. The first-order chi connectivity index (χ1) is 20.2. The highest BCUT2D eigenvalue weighted by Gasteiger charge is 2.31. The summed E-state index contributed by atoms with van der Waals surface area (Å²) in [4.78, 5) is 34.3. The number of carbonyl (C=O) groups excluding carboxylic acids is 2. The van der Waals surface area contributed by atoms with Crippen LogP contribution in [0.2, 0.25) is 5.02 Å². The second-order valence-corrected chi connectivity index (χ2v) is 11.0. The average Bonchev–Trinajstić information content (AvgIpc) is 3.37. The Hall–Kier alpha value is -4.14. The molecular formula is C33H35ClN4O4. The Morgan fingerprint density at radius 2 is 1.88 bits per heavy atom. The number of benzene rings is 2. The van der Waals surface area contributed by atoms with Crippen LogP contribution in [0.4, 0.5) is 5.69 Å². The minimum absolute atomic E-state index is 0.0109. The van der Waals surface area contributed by atoms with Gasteiger partial charge in [0.15, 0.2) is 0 Å². The zero-order valence-corrected chi connectivity index (χ0v) is 25.3. The van der Waals surface area contributed by atoms with Crippen LogP contribution in [0.15, 0.2) is 66.6 Å². The van der Waals surface area contributed by atoms with Gasteiger partial charge in [-0.2, -0.15) is 0 Å². The summed E-state index contributed by atoms with van der Waals surface area (Å²) in [5.41, 5.74) is 7.07. The molecule has 0 saturated heterocycles. The molecule has 0 bridgehead atoms. The molecule has 3 aromatic rings. The summed E-state index contributed by atoms with van der Waals surface area (Å²) in [5, 5.41) is 3.49. The van der Waals surface area contributed by atoms with Gasteiger partial charge in [-0.25, -0.2) is 4.98 Å². The van der Waals surface area contributed by atoms with Crippen molar-refractivity contribution in [2.75, 3.05) is 39.7 Å². The fourth-order valence-electron chi connectivity index (χ4n) is 5.63. The van der Waals surface area contributed by atoms with Crippen LogP contribution < -0.4 is 10.1 Å². The Kier molecular flexibility index (Phi) is 8.38. The number of hydrogen-bond donors (Lipinski definition) is 1. The van der Waals surface area contributed by atoms with Gasteiger partial charge in [0, 0.05) is 49.3 Å². The van der Waals surface area contributed by atoms with Crippen molar-refractivity contribution < 1.29 is 19.1 Å². The second-order valence-electron chi connectivity index (χ2n) is 10.6. The first kappa shape index (κ1) is 29.4. The first-order valence-electron chi connectivity index (χ1n) is 13.9. The number of anilines is 1. The number of nitrogens with one attached hydrogen (secondary N) is 1. The second kappa shape index (κ2) is 12.0. The van der Waals surface area contributed by atoms with Gasteiger partial charge >= 0.3 is 0 Å².